The van der Waals surface area contributed by atoms with Gasteiger partial charge in [-0.25, -0.2) is 9.59 Å². The van der Waals surface area contributed by atoms with Crippen LogP contribution >= 0.6 is 0 Å². The maximum absolute atomic E-state index is 12.7. The van der Waals surface area contributed by atoms with Gasteiger partial charge in [0.2, 0.25) is 0 Å². The van der Waals surface area contributed by atoms with Crippen LogP contribution in [0.15, 0.2) is 18.2 Å². The van der Waals surface area contributed by atoms with Gasteiger partial charge >= 0.3 is 24.2 Å². The molecule has 1 atom stereocenters. The zero-order valence-electron chi connectivity index (χ0n) is 26.1. The SMILES string of the molecule is COC(=O)[C@@](N)(CCOC(=O)CC(C)(C)C)Cc1ccc(OC(=O)OCC(C)(C)C)c(OC(=O)OCC(C)(C)C)c1. The number of nitrogens with two attached hydrogens (primary N) is 1. The number of carbonyl (C=O) groups is 4. The summed E-state index contributed by atoms with van der Waals surface area (Å²) in [5.41, 5.74) is 4.45. The van der Waals surface area contributed by atoms with Crippen LogP contribution in [-0.4, -0.2) is 56.7 Å². The number of hydrogen-bond acceptors (Lipinski definition) is 11. The maximum Gasteiger partial charge on any atom is 0.513 e. The molecule has 1 aromatic rings. The van der Waals surface area contributed by atoms with E-state index in [1.54, 1.807) is 6.07 Å². The van der Waals surface area contributed by atoms with Crippen molar-refractivity contribution in [3.05, 3.63) is 23.8 Å². The Bertz CT molecular complexity index is 1060. The van der Waals surface area contributed by atoms with Gasteiger partial charge in [0.15, 0.2) is 11.5 Å². The molecule has 0 saturated heterocycles. The lowest BCUT2D eigenvalue weighted by Crippen LogP contribution is -2.51. The lowest BCUT2D eigenvalue weighted by atomic mass is 9.88. The molecule has 11 heteroatoms. The summed E-state index contributed by atoms with van der Waals surface area (Å²) in [6.07, 6.45) is -1.90. The molecule has 0 aliphatic heterocycles. The fourth-order valence-electron chi connectivity index (χ4n) is 3.28. The third-order valence-electron chi connectivity index (χ3n) is 5.24. The highest BCUT2D eigenvalue weighted by atomic mass is 16.7. The second kappa shape index (κ2) is 14.5. The lowest BCUT2D eigenvalue weighted by Gasteiger charge is -2.27. The van der Waals surface area contributed by atoms with Gasteiger partial charge in [0.25, 0.3) is 0 Å². The first kappa shape index (κ1) is 35.7. The minimum atomic E-state index is -1.57. The molecule has 0 spiro atoms. The van der Waals surface area contributed by atoms with Crippen molar-refractivity contribution in [2.75, 3.05) is 26.9 Å². The predicted octanol–water partition coefficient (Wildman–Crippen LogP) is 5.59. The molecule has 0 aromatic heterocycles. The van der Waals surface area contributed by atoms with Crippen molar-refractivity contribution in [2.24, 2.45) is 22.0 Å². The summed E-state index contributed by atoms with van der Waals surface area (Å²) in [6, 6.07) is 4.35. The second-order valence-electron chi connectivity index (χ2n) is 13.7. The molecule has 0 heterocycles. The molecular weight excluding hydrogens is 534 g/mol. The summed E-state index contributed by atoms with van der Waals surface area (Å²) in [5.74, 6) is -1.37. The first-order chi connectivity index (χ1) is 18.6. The molecule has 0 radical (unpaired) electrons. The summed E-state index contributed by atoms with van der Waals surface area (Å²) in [7, 11) is 1.20. The molecule has 2 N–H and O–H groups in total. The average Bonchev–Trinajstić information content (AvgIpc) is 2.80. The van der Waals surface area contributed by atoms with Crippen LogP contribution in [0.4, 0.5) is 9.59 Å². The second-order valence-corrected chi connectivity index (χ2v) is 13.7. The van der Waals surface area contributed by atoms with Gasteiger partial charge in [0.05, 0.1) is 33.4 Å². The Hall–Kier alpha value is -3.34. The van der Waals surface area contributed by atoms with Crippen molar-refractivity contribution in [3.63, 3.8) is 0 Å². The predicted molar refractivity (Wildman–Crippen MR) is 152 cm³/mol. The lowest BCUT2D eigenvalue weighted by molar-refractivity contribution is -0.152. The summed E-state index contributed by atoms with van der Waals surface area (Å²) >= 11 is 0. The number of benzene rings is 1. The zero-order chi connectivity index (χ0) is 31.6. The van der Waals surface area contributed by atoms with E-state index >= 15 is 0 Å². The van der Waals surface area contributed by atoms with Crippen LogP contribution in [0.25, 0.3) is 0 Å². The number of ether oxygens (including phenoxy) is 6. The Labute approximate surface area is 243 Å². The quantitative estimate of drug-likeness (QED) is 0.198. The van der Waals surface area contributed by atoms with Crippen molar-refractivity contribution in [3.8, 4) is 11.5 Å². The Balaban J connectivity index is 3.19. The minimum absolute atomic E-state index is 0.0310. The van der Waals surface area contributed by atoms with Crippen LogP contribution in [0, 0.1) is 16.2 Å². The number of hydrogen-bond donors (Lipinski definition) is 1. The standard InChI is InChI=1S/C30H47NO10/c1-27(2,3)17-23(32)37-14-13-30(31,24(33)36-10)16-20-11-12-21(40-25(34)38-18-28(4,5)6)22(15-20)41-26(35)39-19-29(7,8)9/h11-12,15H,13-14,16-19,31H2,1-10H3/t30-/m1/s1. The van der Waals surface area contributed by atoms with E-state index in [9.17, 15) is 19.2 Å². The largest absolute Gasteiger partial charge is 0.513 e. The van der Waals surface area contributed by atoms with Gasteiger partial charge < -0.3 is 34.2 Å². The van der Waals surface area contributed by atoms with Gasteiger partial charge in [0.1, 0.15) is 5.54 Å². The summed E-state index contributed by atoms with van der Waals surface area (Å²) < 4.78 is 31.2. The van der Waals surface area contributed by atoms with Crippen molar-refractivity contribution >= 4 is 24.2 Å². The number of rotatable bonds is 11. The van der Waals surface area contributed by atoms with Crippen molar-refractivity contribution in [1.29, 1.82) is 0 Å². The third-order valence-corrected chi connectivity index (χ3v) is 5.24. The first-order valence-electron chi connectivity index (χ1n) is 13.5. The van der Waals surface area contributed by atoms with Crippen LogP contribution in [0.5, 0.6) is 11.5 Å². The van der Waals surface area contributed by atoms with Gasteiger partial charge in [-0.15, -0.1) is 0 Å². The Morgan fingerprint density at radius 3 is 1.71 bits per heavy atom. The van der Waals surface area contributed by atoms with Gasteiger partial charge in [-0.1, -0.05) is 68.4 Å². The Morgan fingerprint density at radius 1 is 0.732 bits per heavy atom. The summed E-state index contributed by atoms with van der Waals surface area (Å²) in [6.45, 7) is 17.1. The molecule has 0 aliphatic rings. The molecule has 232 valence electrons. The monoisotopic (exact) mass is 581 g/mol. The van der Waals surface area contributed by atoms with E-state index < -0.39 is 29.8 Å². The molecule has 0 fully saturated rings. The number of carbonyl (C=O) groups excluding carboxylic acids is 4. The Morgan fingerprint density at radius 2 is 1.24 bits per heavy atom. The van der Waals surface area contributed by atoms with E-state index in [-0.39, 0.29) is 66.8 Å². The normalized spacial score (nSPS) is 13.4. The van der Waals surface area contributed by atoms with Crippen molar-refractivity contribution < 1.29 is 47.6 Å². The highest BCUT2D eigenvalue weighted by molar-refractivity contribution is 5.81. The van der Waals surface area contributed by atoms with E-state index in [1.165, 1.54) is 19.2 Å². The maximum atomic E-state index is 12.7. The molecule has 41 heavy (non-hydrogen) atoms. The van der Waals surface area contributed by atoms with E-state index in [0.717, 1.165) is 0 Å². The highest BCUT2D eigenvalue weighted by Crippen LogP contribution is 2.32. The third kappa shape index (κ3) is 14.7. The van der Waals surface area contributed by atoms with Crippen LogP contribution in [0.2, 0.25) is 0 Å². The zero-order valence-corrected chi connectivity index (χ0v) is 26.1. The molecule has 0 amide bonds. The molecule has 0 bridgehead atoms. The average molecular weight is 582 g/mol. The van der Waals surface area contributed by atoms with Gasteiger partial charge in [0, 0.05) is 12.8 Å². The van der Waals surface area contributed by atoms with E-state index in [0.29, 0.717) is 5.56 Å². The molecule has 1 aromatic carbocycles. The van der Waals surface area contributed by atoms with Crippen LogP contribution in [0.3, 0.4) is 0 Å². The van der Waals surface area contributed by atoms with Crippen LogP contribution in [-0.2, 0) is 35.0 Å². The number of esters is 2. The van der Waals surface area contributed by atoms with Gasteiger partial charge in [-0.05, 0) is 33.9 Å². The molecule has 11 nitrogen and oxygen atoms in total. The van der Waals surface area contributed by atoms with E-state index in [1.807, 2.05) is 62.3 Å². The minimum Gasteiger partial charge on any atom is -0.468 e. The first-order valence-corrected chi connectivity index (χ1v) is 13.5. The molecule has 1 rings (SSSR count). The summed E-state index contributed by atoms with van der Waals surface area (Å²) in [5, 5.41) is 0. The van der Waals surface area contributed by atoms with Crippen LogP contribution in [0.1, 0.15) is 80.7 Å². The fourth-order valence-corrected chi connectivity index (χ4v) is 3.28. The highest BCUT2D eigenvalue weighted by Gasteiger charge is 2.36. The van der Waals surface area contributed by atoms with Gasteiger partial charge in [-0.3, -0.25) is 9.59 Å². The van der Waals surface area contributed by atoms with Crippen molar-refractivity contribution in [1.82, 2.24) is 0 Å². The smallest absolute Gasteiger partial charge is 0.468 e. The van der Waals surface area contributed by atoms with Gasteiger partial charge in [-0.2, -0.15) is 0 Å². The fraction of sp³-hybridized carbons (Fsp3) is 0.667. The number of methoxy groups -OCH3 is 1. The molecule has 0 aliphatic carbocycles. The van der Waals surface area contributed by atoms with Crippen molar-refractivity contribution in [2.45, 2.75) is 87.1 Å². The summed E-state index contributed by atoms with van der Waals surface area (Å²) in [4.78, 5) is 49.6. The molecular formula is C30H47NO10. The molecule has 0 saturated carbocycles. The molecule has 0 unspecified atom stereocenters. The van der Waals surface area contributed by atoms with E-state index in [4.69, 9.17) is 34.2 Å². The van der Waals surface area contributed by atoms with E-state index in [2.05, 4.69) is 0 Å². The van der Waals surface area contributed by atoms with Crippen LogP contribution < -0.4 is 15.2 Å². The Kier molecular flexibility index (Phi) is 12.6. The topological polar surface area (TPSA) is 150 Å².